The van der Waals surface area contributed by atoms with E-state index >= 15 is 0 Å². The zero-order valence-electron chi connectivity index (χ0n) is 31.8. The molecule has 0 spiro atoms. The van der Waals surface area contributed by atoms with Gasteiger partial charge in [0.15, 0.2) is 0 Å². The molecule has 274 valence electrons. The molecule has 8 aromatic carbocycles. The summed E-state index contributed by atoms with van der Waals surface area (Å²) < 4.78 is 0. The van der Waals surface area contributed by atoms with E-state index in [1.54, 1.807) is 11.3 Å². The van der Waals surface area contributed by atoms with Gasteiger partial charge in [0.25, 0.3) is 0 Å². The lowest BCUT2D eigenvalue weighted by Gasteiger charge is -2.25. The molecule has 0 aliphatic carbocycles. The van der Waals surface area contributed by atoms with E-state index in [1.807, 2.05) is 0 Å². The summed E-state index contributed by atoms with van der Waals surface area (Å²) in [4.78, 5) is 4.56. The number of aryl methyl sites for hydroxylation is 2. The van der Waals surface area contributed by atoms with Gasteiger partial charge in [0, 0.05) is 45.3 Å². The number of nitrogens with zero attached hydrogens (tertiary/aromatic N) is 4. The van der Waals surface area contributed by atoms with Crippen molar-refractivity contribution in [1.29, 1.82) is 0 Å². The van der Waals surface area contributed by atoms with Crippen molar-refractivity contribution < 1.29 is 0 Å². The van der Waals surface area contributed by atoms with E-state index in [-0.39, 0.29) is 0 Å². The fourth-order valence-corrected chi connectivity index (χ4v) is 8.44. The zero-order valence-corrected chi connectivity index (χ0v) is 32.6. The molecule has 0 radical (unpaired) electrons. The molecular weight excluding hydrogens is 713 g/mol. The topological polar surface area (TPSA) is 32.3 Å². The van der Waals surface area contributed by atoms with Crippen LogP contribution in [0.2, 0.25) is 0 Å². The van der Waals surface area contributed by atoms with Gasteiger partial charge in [0.1, 0.15) is 10.0 Å². The van der Waals surface area contributed by atoms with Crippen LogP contribution in [0.4, 0.5) is 34.1 Å². The van der Waals surface area contributed by atoms with E-state index < -0.39 is 0 Å². The highest BCUT2D eigenvalue weighted by atomic mass is 32.1. The SMILES string of the molecule is Cc1cc(-c2ccc(N(c3ccccc3)c3ccccc3)cc2)ccc1-c1nnc(-c2ccc(-c3ccc(N(c4ccccc4)c4ccccc4)cc3)cc2C)s1. The number of hydrogen-bond acceptors (Lipinski definition) is 5. The van der Waals surface area contributed by atoms with Gasteiger partial charge in [-0.25, -0.2) is 0 Å². The van der Waals surface area contributed by atoms with Crippen LogP contribution < -0.4 is 9.80 Å². The highest BCUT2D eigenvalue weighted by molar-refractivity contribution is 7.18. The normalized spacial score (nSPS) is 11.0. The summed E-state index contributed by atoms with van der Waals surface area (Å²) in [6.07, 6.45) is 0. The number of aromatic nitrogens is 2. The maximum atomic E-state index is 4.67. The van der Waals surface area contributed by atoms with Crippen molar-refractivity contribution in [1.82, 2.24) is 10.2 Å². The molecular formula is C52H40N4S. The second kappa shape index (κ2) is 16.0. The molecule has 9 rings (SSSR count). The third-order valence-corrected chi connectivity index (χ3v) is 11.3. The minimum Gasteiger partial charge on any atom is -0.311 e. The Hall–Kier alpha value is -7.08. The smallest absolute Gasteiger partial charge is 0.148 e. The lowest BCUT2D eigenvalue weighted by molar-refractivity contribution is 1.10. The molecule has 0 saturated carbocycles. The lowest BCUT2D eigenvalue weighted by atomic mass is 9.99. The minimum atomic E-state index is 0.922. The summed E-state index contributed by atoms with van der Waals surface area (Å²) in [7, 11) is 0. The molecule has 1 heterocycles. The largest absolute Gasteiger partial charge is 0.311 e. The average molecular weight is 753 g/mol. The van der Waals surface area contributed by atoms with Crippen LogP contribution in [0.3, 0.4) is 0 Å². The monoisotopic (exact) mass is 752 g/mol. The van der Waals surface area contributed by atoms with Crippen LogP contribution in [0.1, 0.15) is 11.1 Å². The first-order chi connectivity index (χ1) is 28.1. The molecule has 57 heavy (non-hydrogen) atoms. The van der Waals surface area contributed by atoms with E-state index in [4.69, 9.17) is 0 Å². The van der Waals surface area contributed by atoms with Gasteiger partial charge in [0.2, 0.25) is 0 Å². The quantitative estimate of drug-likeness (QED) is 0.139. The molecule has 0 aliphatic rings. The molecule has 9 aromatic rings. The first-order valence-electron chi connectivity index (χ1n) is 19.2. The van der Waals surface area contributed by atoms with E-state index in [0.717, 1.165) is 55.3 Å². The minimum absolute atomic E-state index is 0.922. The number of benzene rings is 8. The van der Waals surface area contributed by atoms with Crippen LogP contribution in [0.15, 0.2) is 206 Å². The van der Waals surface area contributed by atoms with Crippen LogP contribution in [-0.4, -0.2) is 10.2 Å². The third-order valence-electron chi connectivity index (χ3n) is 10.3. The number of hydrogen-bond donors (Lipinski definition) is 0. The number of para-hydroxylation sites is 4. The Bertz CT molecular complexity index is 2460. The molecule has 0 atom stereocenters. The Morgan fingerprint density at radius 2 is 0.596 bits per heavy atom. The summed E-state index contributed by atoms with van der Waals surface area (Å²) in [6.45, 7) is 4.32. The van der Waals surface area contributed by atoms with E-state index in [1.165, 1.54) is 33.4 Å². The molecule has 4 nitrogen and oxygen atoms in total. The van der Waals surface area contributed by atoms with Crippen molar-refractivity contribution in [2.75, 3.05) is 9.80 Å². The summed E-state index contributed by atoms with van der Waals surface area (Å²) in [5.74, 6) is 0. The fourth-order valence-electron chi connectivity index (χ4n) is 7.42. The maximum Gasteiger partial charge on any atom is 0.148 e. The van der Waals surface area contributed by atoms with Gasteiger partial charge < -0.3 is 9.80 Å². The van der Waals surface area contributed by atoms with Crippen molar-refractivity contribution in [3.63, 3.8) is 0 Å². The highest BCUT2D eigenvalue weighted by Gasteiger charge is 2.16. The van der Waals surface area contributed by atoms with Gasteiger partial charge in [-0.1, -0.05) is 145 Å². The van der Waals surface area contributed by atoms with Crippen LogP contribution >= 0.6 is 11.3 Å². The predicted molar refractivity (Wildman–Crippen MR) is 240 cm³/mol. The summed E-state index contributed by atoms with van der Waals surface area (Å²) in [6, 6.07) is 72.8. The average Bonchev–Trinajstić information content (AvgIpc) is 3.76. The highest BCUT2D eigenvalue weighted by Crippen LogP contribution is 2.39. The van der Waals surface area contributed by atoms with E-state index in [9.17, 15) is 0 Å². The van der Waals surface area contributed by atoms with Gasteiger partial charge in [-0.15, -0.1) is 10.2 Å². The van der Waals surface area contributed by atoms with Crippen LogP contribution in [-0.2, 0) is 0 Å². The first-order valence-corrected chi connectivity index (χ1v) is 20.0. The fraction of sp³-hybridized carbons (Fsp3) is 0.0385. The van der Waals surface area contributed by atoms with Crippen LogP contribution in [0.25, 0.3) is 43.4 Å². The summed E-state index contributed by atoms with van der Waals surface area (Å²) in [5, 5.41) is 11.2. The number of rotatable bonds is 10. The summed E-state index contributed by atoms with van der Waals surface area (Å²) >= 11 is 1.64. The third kappa shape index (κ3) is 7.49. The Balaban J connectivity index is 0.926. The van der Waals surface area contributed by atoms with Crippen molar-refractivity contribution in [2.45, 2.75) is 13.8 Å². The van der Waals surface area contributed by atoms with Gasteiger partial charge >= 0.3 is 0 Å². The molecule has 0 aliphatic heterocycles. The molecule has 5 heteroatoms. The molecule has 0 bridgehead atoms. The maximum absolute atomic E-state index is 4.67. The predicted octanol–water partition coefficient (Wildman–Crippen LogP) is 14.8. The van der Waals surface area contributed by atoms with Crippen molar-refractivity contribution >= 4 is 45.5 Å². The molecule has 1 aromatic heterocycles. The van der Waals surface area contributed by atoms with Crippen molar-refractivity contribution in [2.24, 2.45) is 0 Å². The molecule has 0 N–H and O–H groups in total. The Morgan fingerprint density at radius 3 is 0.895 bits per heavy atom. The Morgan fingerprint density at radius 1 is 0.316 bits per heavy atom. The van der Waals surface area contributed by atoms with Crippen molar-refractivity contribution in [3.05, 3.63) is 217 Å². The Kier molecular flexibility index (Phi) is 9.97. The zero-order chi connectivity index (χ0) is 38.6. The molecule has 0 fully saturated rings. The first kappa shape index (κ1) is 35.6. The second-order valence-electron chi connectivity index (χ2n) is 14.1. The van der Waals surface area contributed by atoms with Crippen LogP contribution in [0.5, 0.6) is 0 Å². The van der Waals surface area contributed by atoms with Gasteiger partial charge in [-0.2, -0.15) is 0 Å². The molecule has 0 saturated heterocycles. The number of anilines is 6. The second-order valence-corrected chi connectivity index (χ2v) is 15.1. The van der Waals surface area contributed by atoms with Gasteiger partial charge in [-0.05, 0) is 120 Å². The standard InChI is InChI=1S/C52H40N4S/c1-37-35-41(39-23-29-47(30-24-39)55(43-15-7-3-8-16-43)44-17-9-4-10-18-44)27-33-49(37)51-53-54-52(57-51)50-34-28-42(36-38(50)2)40-25-31-48(32-26-40)56(45-19-11-5-12-20-45)46-21-13-6-14-22-46/h3-36H,1-2H3. The van der Waals surface area contributed by atoms with Gasteiger partial charge in [-0.3, -0.25) is 0 Å². The summed E-state index contributed by atoms with van der Waals surface area (Å²) in [5.41, 5.74) is 16.0. The van der Waals surface area contributed by atoms with Crippen molar-refractivity contribution in [3.8, 4) is 43.4 Å². The van der Waals surface area contributed by atoms with Gasteiger partial charge in [0.05, 0.1) is 0 Å². The van der Waals surface area contributed by atoms with Crippen LogP contribution in [0, 0.1) is 13.8 Å². The molecule has 0 unspecified atom stereocenters. The van der Waals surface area contributed by atoms with E-state index in [0.29, 0.717) is 0 Å². The molecule has 0 amide bonds. The lowest BCUT2D eigenvalue weighted by Crippen LogP contribution is -2.09. The van der Waals surface area contributed by atoms with E-state index in [2.05, 4.69) is 240 Å². The Labute approximate surface area is 338 Å².